The van der Waals surface area contributed by atoms with Crippen molar-refractivity contribution in [1.29, 1.82) is 0 Å². The van der Waals surface area contributed by atoms with Gasteiger partial charge >= 0.3 is 5.97 Å². The van der Waals surface area contributed by atoms with Crippen LogP contribution >= 0.6 is 0 Å². The molecule has 1 aliphatic carbocycles. The highest BCUT2D eigenvalue weighted by Crippen LogP contribution is 2.30. The zero-order valence-electron chi connectivity index (χ0n) is 17.2. The molecule has 9 heteroatoms. The van der Waals surface area contributed by atoms with Gasteiger partial charge in [0.2, 0.25) is 15.9 Å². The molecule has 3 rings (SSSR count). The van der Waals surface area contributed by atoms with Crippen molar-refractivity contribution >= 4 is 28.0 Å². The van der Waals surface area contributed by atoms with Crippen molar-refractivity contribution in [2.45, 2.75) is 30.2 Å². The summed E-state index contributed by atoms with van der Waals surface area (Å²) in [5.74, 6) is -1.51. The van der Waals surface area contributed by atoms with E-state index in [9.17, 15) is 23.1 Å². The highest BCUT2D eigenvalue weighted by atomic mass is 32.2. The van der Waals surface area contributed by atoms with Gasteiger partial charge in [0.05, 0.1) is 7.11 Å². The molecule has 0 saturated heterocycles. The number of aliphatic carboxylic acids is 1. The quantitative estimate of drug-likeness (QED) is 0.533. The third-order valence-electron chi connectivity index (χ3n) is 5.11. The average Bonchev–Trinajstić information content (AvgIpc) is 3.11. The standard InChI is InChI=1S/C22H24N2O6S/c1-3-23-31(28,29)19-12-15(8-10-18(19)30-2)9-11-20(25)24-22(21(26)27)13-16-6-4-5-7-17(16)14-22/h4-12,23H,3,13-14H2,1-2H3,(H,24,25)(H,26,27)/b11-9+. The molecule has 0 fully saturated rings. The minimum absolute atomic E-state index is 0.0485. The van der Waals surface area contributed by atoms with E-state index in [-0.39, 0.29) is 30.0 Å². The summed E-state index contributed by atoms with van der Waals surface area (Å²) >= 11 is 0. The van der Waals surface area contributed by atoms with Gasteiger partial charge in [0.1, 0.15) is 16.2 Å². The number of carboxylic acids is 1. The van der Waals surface area contributed by atoms with Gasteiger partial charge in [0, 0.05) is 25.5 Å². The van der Waals surface area contributed by atoms with Crippen molar-refractivity contribution in [3.63, 3.8) is 0 Å². The SMILES string of the molecule is CCNS(=O)(=O)c1cc(/C=C/C(=O)NC2(C(=O)O)Cc3ccccc3C2)ccc1OC. The molecule has 2 aromatic rings. The minimum atomic E-state index is -3.77. The second-order valence-corrected chi connectivity index (χ2v) is 8.98. The second kappa shape index (κ2) is 8.91. The van der Waals surface area contributed by atoms with Crippen molar-refractivity contribution in [2.75, 3.05) is 13.7 Å². The van der Waals surface area contributed by atoms with Gasteiger partial charge in [-0.3, -0.25) is 4.79 Å². The van der Waals surface area contributed by atoms with Crippen LogP contribution in [0.4, 0.5) is 0 Å². The predicted octanol–water partition coefficient (Wildman–Crippen LogP) is 1.74. The summed E-state index contributed by atoms with van der Waals surface area (Å²) in [7, 11) is -2.40. The summed E-state index contributed by atoms with van der Waals surface area (Å²) in [5, 5.41) is 12.4. The molecule has 164 valence electrons. The van der Waals surface area contributed by atoms with Crippen molar-refractivity contribution < 1.29 is 27.9 Å². The lowest BCUT2D eigenvalue weighted by atomic mass is 9.95. The minimum Gasteiger partial charge on any atom is -0.495 e. The largest absolute Gasteiger partial charge is 0.495 e. The highest BCUT2D eigenvalue weighted by molar-refractivity contribution is 7.89. The third-order valence-corrected chi connectivity index (χ3v) is 6.68. The molecule has 0 saturated carbocycles. The van der Waals surface area contributed by atoms with E-state index in [0.29, 0.717) is 5.56 Å². The first-order valence-corrected chi connectivity index (χ1v) is 11.2. The summed E-state index contributed by atoms with van der Waals surface area (Å²) in [6.45, 7) is 1.88. The van der Waals surface area contributed by atoms with Crippen LogP contribution in [0, 0.1) is 0 Å². The van der Waals surface area contributed by atoms with Gasteiger partial charge in [-0.1, -0.05) is 37.3 Å². The molecule has 8 nitrogen and oxygen atoms in total. The molecule has 3 N–H and O–H groups in total. The zero-order valence-corrected chi connectivity index (χ0v) is 18.0. The molecule has 2 aromatic carbocycles. The third kappa shape index (κ3) is 4.78. The number of carbonyl (C=O) groups excluding carboxylic acids is 1. The lowest BCUT2D eigenvalue weighted by molar-refractivity contribution is -0.146. The Labute approximate surface area is 181 Å². The molecule has 1 amide bonds. The number of methoxy groups -OCH3 is 1. The molecule has 0 heterocycles. The number of hydrogen-bond acceptors (Lipinski definition) is 5. The fourth-order valence-electron chi connectivity index (χ4n) is 3.63. The maximum absolute atomic E-state index is 12.5. The van der Waals surface area contributed by atoms with E-state index in [1.54, 1.807) is 13.0 Å². The van der Waals surface area contributed by atoms with E-state index in [1.165, 1.54) is 31.4 Å². The van der Waals surface area contributed by atoms with Gasteiger partial charge in [0.15, 0.2) is 0 Å². The van der Waals surface area contributed by atoms with Gasteiger partial charge < -0.3 is 15.2 Å². The summed E-state index contributed by atoms with van der Waals surface area (Å²) in [6.07, 6.45) is 3.02. The number of hydrogen-bond donors (Lipinski definition) is 3. The van der Waals surface area contributed by atoms with E-state index in [4.69, 9.17) is 4.74 Å². The molecule has 0 atom stereocenters. The lowest BCUT2D eigenvalue weighted by Crippen LogP contribution is -2.55. The molecular formula is C22H24N2O6S. The van der Waals surface area contributed by atoms with E-state index in [1.807, 2.05) is 24.3 Å². The Balaban J connectivity index is 1.81. The van der Waals surface area contributed by atoms with Crippen LogP contribution in [0.5, 0.6) is 5.75 Å². The number of ether oxygens (including phenoxy) is 1. The van der Waals surface area contributed by atoms with Crippen molar-refractivity contribution in [3.8, 4) is 5.75 Å². The molecule has 0 aromatic heterocycles. The molecular weight excluding hydrogens is 420 g/mol. The number of carboxylic acid groups (broad SMARTS) is 1. The number of carbonyl (C=O) groups is 2. The van der Waals surface area contributed by atoms with Gasteiger partial charge in [-0.15, -0.1) is 0 Å². The molecule has 0 bridgehead atoms. The topological polar surface area (TPSA) is 122 Å². The van der Waals surface area contributed by atoms with Crippen LogP contribution < -0.4 is 14.8 Å². The molecule has 0 unspecified atom stereocenters. The first kappa shape index (κ1) is 22.5. The molecule has 0 aliphatic heterocycles. The predicted molar refractivity (Wildman–Crippen MR) is 115 cm³/mol. The Morgan fingerprint density at radius 3 is 2.35 bits per heavy atom. The Kier molecular flexibility index (Phi) is 6.47. The molecule has 31 heavy (non-hydrogen) atoms. The Morgan fingerprint density at radius 2 is 1.81 bits per heavy atom. The normalized spacial score (nSPS) is 14.9. The van der Waals surface area contributed by atoms with Crippen molar-refractivity contribution in [3.05, 3.63) is 65.2 Å². The van der Waals surface area contributed by atoms with Crippen LogP contribution in [0.3, 0.4) is 0 Å². The van der Waals surface area contributed by atoms with Crippen LogP contribution in [-0.2, 0) is 32.5 Å². The van der Waals surface area contributed by atoms with E-state index in [2.05, 4.69) is 10.0 Å². The Morgan fingerprint density at radius 1 is 1.16 bits per heavy atom. The number of fused-ring (bicyclic) bond motifs is 1. The fourth-order valence-corrected chi connectivity index (χ4v) is 4.88. The lowest BCUT2D eigenvalue weighted by Gasteiger charge is -2.24. The van der Waals surface area contributed by atoms with Crippen molar-refractivity contribution in [1.82, 2.24) is 10.0 Å². The average molecular weight is 445 g/mol. The van der Waals surface area contributed by atoms with Crippen molar-refractivity contribution in [2.24, 2.45) is 0 Å². The monoisotopic (exact) mass is 444 g/mol. The highest BCUT2D eigenvalue weighted by Gasteiger charge is 2.44. The smallest absolute Gasteiger partial charge is 0.330 e. The first-order chi connectivity index (χ1) is 14.7. The summed E-state index contributed by atoms with van der Waals surface area (Å²) in [6, 6.07) is 11.9. The fraction of sp³-hybridized carbons (Fsp3) is 0.273. The van der Waals surface area contributed by atoms with Gasteiger partial charge in [-0.05, 0) is 34.9 Å². The Hall–Kier alpha value is -3.17. The maximum Gasteiger partial charge on any atom is 0.330 e. The van der Waals surface area contributed by atoms with Gasteiger partial charge in [-0.25, -0.2) is 17.9 Å². The molecule has 0 spiro atoms. The number of rotatable bonds is 8. The maximum atomic E-state index is 12.5. The number of sulfonamides is 1. The molecule has 0 radical (unpaired) electrons. The summed E-state index contributed by atoms with van der Waals surface area (Å²) < 4.78 is 32.3. The van der Waals surface area contributed by atoms with Crippen LogP contribution in [-0.4, -0.2) is 44.6 Å². The zero-order chi connectivity index (χ0) is 22.6. The van der Waals surface area contributed by atoms with Crippen LogP contribution in [0.2, 0.25) is 0 Å². The van der Waals surface area contributed by atoms with E-state index in [0.717, 1.165) is 11.1 Å². The van der Waals surface area contributed by atoms with Crippen LogP contribution in [0.1, 0.15) is 23.6 Å². The van der Waals surface area contributed by atoms with Crippen LogP contribution in [0.25, 0.3) is 6.08 Å². The van der Waals surface area contributed by atoms with E-state index < -0.39 is 27.4 Å². The number of amides is 1. The summed E-state index contributed by atoms with van der Waals surface area (Å²) in [4.78, 5) is 24.4. The summed E-state index contributed by atoms with van der Waals surface area (Å²) in [5.41, 5.74) is 0.821. The van der Waals surface area contributed by atoms with Gasteiger partial charge in [-0.2, -0.15) is 0 Å². The molecule has 1 aliphatic rings. The number of benzene rings is 2. The number of nitrogens with one attached hydrogen (secondary N) is 2. The van der Waals surface area contributed by atoms with Crippen LogP contribution in [0.15, 0.2) is 53.4 Å². The first-order valence-electron chi connectivity index (χ1n) is 9.69. The van der Waals surface area contributed by atoms with E-state index >= 15 is 0 Å². The second-order valence-electron chi connectivity index (χ2n) is 7.24. The van der Waals surface area contributed by atoms with Gasteiger partial charge in [0.25, 0.3) is 0 Å². The Bertz CT molecular complexity index is 1120.